The van der Waals surface area contributed by atoms with Crippen LogP contribution >= 0.6 is 0 Å². The zero-order valence-corrected chi connectivity index (χ0v) is 7.82. The van der Waals surface area contributed by atoms with Crippen molar-refractivity contribution in [2.75, 3.05) is 0 Å². The third kappa shape index (κ3) is 1.41. The van der Waals surface area contributed by atoms with Gasteiger partial charge in [-0.15, -0.1) is 0 Å². The fourth-order valence-electron chi connectivity index (χ4n) is 1.26. The Bertz CT molecular complexity index is 334. The maximum Gasteiger partial charge on any atom is 0.134 e. The Balaban J connectivity index is 2.43. The highest BCUT2D eigenvalue weighted by Gasteiger charge is 2.18. The lowest BCUT2D eigenvalue weighted by atomic mass is 9.87. The molecular weight excluding hydrogens is 164 g/mol. The minimum Gasteiger partial charge on any atom is -0.243 e. The van der Waals surface area contributed by atoms with Gasteiger partial charge in [0.05, 0.1) is 0 Å². The van der Waals surface area contributed by atoms with E-state index < -0.39 is 0 Å². The Labute approximate surface area is 77.1 Å². The summed E-state index contributed by atoms with van der Waals surface area (Å²) in [6, 6.07) is 0. The summed E-state index contributed by atoms with van der Waals surface area (Å²) in [5, 5.41) is 7.58. The fraction of sp³-hybridized carbons (Fsp3) is 0.400. The van der Waals surface area contributed by atoms with Crippen molar-refractivity contribution in [3.63, 3.8) is 0 Å². The molecule has 3 heteroatoms. The van der Waals surface area contributed by atoms with Crippen LogP contribution in [0.2, 0.25) is 0 Å². The largest absolute Gasteiger partial charge is 0.243 e. The second-order valence-corrected chi connectivity index (χ2v) is 3.56. The molecule has 2 rings (SSSR count). The monoisotopic (exact) mass is 176 g/mol. The molecule has 0 spiro atoms. The van der Waals surface area contributed by atoms with Crippen LogP contribution in [0, 0.1) is 5.41 Å². The van der Waals surface area contributed by atoms with Crippen molar-refractivity contribution in [1.82, 2.24) is 10.3 Å². The first-order chi connectivity index (χ1) is 6.23. The molecule has 0 aliphatic heterocycles. The minimum absolute atomic E-state index is 0.120. The first-order valence-electron chi connectivity index (χ1n) is 4.44. The molecule has 0 atom stereocenters. The lowest BCUT2D eigenvalue weighted by Crippen LogP contribution is -2.05. The van der Waals surface area contributed by atoms with E-state index in [1.54, 1.807) is 0 Å². The summed E-state index contributed by atoms with van der Waals surface area (Å²) in [6.07, 6.45) is 9.28. The molecule has 1 heterocycles. The van der Waals surface area contributed by atoms with E-state index in [0.29, 0.717) is 0 Å². The van der Waals surface area contributed by atoms with E-state index in [1.165, 1.54) is 0 Å². The number of allylic oxidation sites excluding steroid dienone is 2. The van der Waals surface area contributed by atoms with Crippen molar-refractivity contribution in [1.29, 1.82) is 0 Å². The smallest absolute Gasteiger partial charge is 0.134 e. The molecule has 0 N–H and O–H groups in total. The van der Waals surface area contributed by atoms with Gasteiger partial charge in [-0.1, -0.05) is 26.0 Å². The summed E-state index contributed by atoms with van der Waals surface area (Å²) >= 11 is 0. The molecule has 3 nitrogen and oxygen atoms in total. The van der Waals surface area contributed by atoms with Crippen molar-refractivity contribution >= 4 is 12.2 Å². The van der Waals surface area contributed by atoms with Gasteiger partial charge in [-0.2, -0.15) is 0 Å². The average molecular weight is 176 g/mol. The highest BCUT2D eigenvalue weighted by molar-refractivity contribution is 5.62. The topological polar surface area (TPSA) is 38.9 Å². The first-order valence-corrected chi connectivity index (χ1v) is 4.44. The Hall–Kier alpha value is -1.38. The number of nitrogens with zero attached hydrogens (tertiary/aromatic N) is 2. The minimum atomic E-state index is 0.120. The molecule has 68 valence electrons. The summed E-state index contributed by atoms with van der Waals surface area (Å²) in [5.74, 6) is 0. The zero-order chi connectivity index (χ0) is 9.31. The quantitative estimate of drug-likeness (QED) is 0.660. The van der Waals surface area contributed by atoms with E-state index in [-0.39, 0.29) is 5.41 Å². The highest BCUT2D eigenvalue weighted by atomic mass is 16.6. The van der Waals surface area contributed by atoms with Gasteiger partial charge in [0.25, 0.3) is 0 Å². The van der Waals surface area contributed by atoms with Gasteiger partial charge in [0.15, 0.2) is 0 Å². The Morgan fingerprint density at radius 1 is 1.23 bits per heavy atom. The van der Waals surface area contributed by atoms with Gasteiger partial charge < -0.3 is 0 Å². The van der Waals surface area contributed by atoms with Crippen molar-refractivity contribution < 1.29 is 4.63 Å². The molecular formula is C10H12N2O. The summed E-state index contributed by atoms with van der Waals surface area (Å²) < 4.78 is 4.62. The molecule has 0 bridgehead atoms. The summed E-state index contributed by atoms with van der Waals surface area (Å²) in [4.78, 5) is 0. The van der Waals surface area contributed by atoms with E-state index >= 15 is 0 Å². The van der Waals surface area contributed by atoms with Gasteiger partial charge in [0, 0.05) is 5.41 Å². The molecule has 0 fully saturated rings. The fourth-order valence-corrected chi connectivity index (χ4v) is 1.26. The molecule has 1 aliphatic carbocycles. The maximum absolute atomic E-state index is 4.62. The normalized spacial score (nSPS) is 18.3. The third-order valence-electron chi connectivity index (χ3n) is 2.55. The molecule has 0 saturated carbocycles. The van der Waals surface area contributed by atoms with Crippen LogP contribution in [0.25, 0.3) is 12.2 Å². The van der Waals surface area contributed by atoms with Crippen LogP contribution in [-0.2, 0) is 0 Å². The number of aromatic nitrogens is 2. The van der Waals surface area contributed by atoms with Crippen molar-refractivity contribution in [2.24, 2.45) is 5.41 Å². The van der Waals surface area contributed by atoms with Gasteiger partial charge in [-0.3, -0.25) is 0 Å². The van der Waals surface area contributed by atoms with E-state index in [0.717, 1.165) is 17.8 Å². The van der Waals surface area contributed by atoms with Crippen molar-refractivity contribution in [3.05, 3.63) is 23.5 Å². The van der Waals surface area contributed by atoms with Crippen LogP contribution in [0.4, 0.5) is 0 Å². The SMILES string of the molecule is CCC1(C)C=Cc2nonc2C=C1. The van der Waals surface area contributed by atoms with E-state index in [1.807, 2.05) is 12.2 Å². The van der Waals surface area contributed by atoms with Crippen LogP contribution in [0.5, 0.6) is 0 Å². The molecule has 13 heavy (non-hydrogen) atoms. The maximum atomic E-state index is 4.62. The van der Waals surface area contributed by atoms with E-state index in [4.69, 9.17) is 0 Å². The molecule has 1 aliphatic rings. The van der Waals surface area contributed by atoms with Gasteiger partial charge in [-0.25, -0.2) is 4.63 Å². The highest BCUT2D eigenvalue weighted by Crippen LogP contribution is 2.29. The van der Waals surface area contributed by atoms with E-state index in [2.05, 4.69) is 40.9 Å². The molecule has 0 radical (unpaired) electrons. The first kappa shape index (κ1) is 8.23. The van der Waals surface area contributed by atoms with Crippen molar-refractivity contribution in [3.8, 4) is 0 Å². The van der Waals surface area contributed by atoms with Crippen LogP contribution in [0.1, 0.15) is 31.7 Å². The zero-order valence-electron chi connectivity index (χ0n) is 7.82. The van der Waals surface area contributed by atoms with Crippen LogP contribution in [-0.4, -0.2) is 10.3 Å². The van der Waals surface area contributed by atoms with Crippen molar-refractivity contribution in [2.45, 2.75) is 20.3 Å². The van der Waals surface area contributed by atoms with E-state index in [9.17, 15) is 0 Å². The molecule has 0 saturated heterocycles. The summed E-state index contributed by atoms with van der Waals surface area (Å²) in [5.41, 5.74) is 1.75. The van der Waals surface area contributed by atoms with Crippen LogP contribution in [0.3, 0.4) is 0 Å². The lowest BCUT2D eigenvalue weighted by molar-refractivity contribution is 0.305. The van der Waals surface area contributed by atoms with Gasteiger partial charge >= 0.3 is 0 Å². The molecule has 0 aromatic carbocycles. The second kappa shape index (κ2) is 2.83. The number of rotatable bonds is 1. The molecule has 0 unspecified atom stereocenters. The Morgan fingerprint density at radius 2 is 1.77 bits per heavy atom. The number of hydrogen-bond donors (Lipinski definition) is 0. The second-order valence-electron chi connectivity index (χ2n) is 3.56. The number of hydrogen-bond acceptors (Lipinski definition) is 3. The van der Waals surface area contributed by atoms with Gasteiger partial charge in [0.2, 0.25) is 0 Å². The third-order valence-corrected chi connectivity index (χ3v) is 2.55. The van der Waals surface area contributed by atoms with Gasteiger partial charge in [0.1, 0.15) is 11.4 Å². The Kier molecular flexibility index (Phi) is 1.79. The predicted molar refractivity (Wildman–Crippen MR) is 50.8 cm³/mol. The predicted octanol–water partition coefficient (Wildman–Crippen LogP) is 2.53. The van der Waals surface area contributed by atoms with Crippen LogP contribution in [0.15, 0.2) is 16.8 Å². The molecule has 1 aromatic heterocycles. The summed E-state index contributed by atoms with van der Waals surface area (Å²) in [7, 11) is 0. The Morgan fingerprint density at radius 3 is 2.23 bits per heavy atom. The summed E-state index contributed by atoms with van der Waals surface area (Å²) in [6.45, 7) is 4.35. The molecule has 0 amide bonds. The molecule has 1 aromatic rings. The number of fused-ring (bicyclic) bond motifs is 1. The van der Waals surface area contributed by atoms with Gasteiger partial charge in [-0.05, 0) is 28.9 Å². The standard InChI is InChI=1S/C10H12N2O/c1-3-10(2)6-4-8-9(5-7-10)12-13-11-8/h4-7H,3H2,1-2H3. The lowest BCUT2D eigenvalue weighted by Gasteiger charge is -2.17. The van der Waals surface area contributed by atoms with Crippen LogP contribution < -0.4 is 0 Å². The average Bonchev–Trinajstić information content (AvgIpc) is 2.54.